The van der Waals surface area contributed by atoms with E-state index in [1.807, 2.05) is 47.0 Å². The zero-order chi connectivity index (χ0) is 26.4. The molecule has 194 valence electrons. The summed E-state index contributed by atoms with van der Waals surface area (Å²) in [5, 5.41) is 11.4. The Balaban J connectivity index is 1.20. The van der Waals surface area contributed by atoms with E-state index in [2.05, 4.69) is 20.5 Å². The topological polar surface area (TPSA) is 124 Å². The molecule has 6 rings (SSSR count). The fourth-order valence-electron chi connectivity index (χ4n) is 5.55. The number of anilines is 1. The third-order valence-electron chi connectivity index (χ3n) is 7.59. The van der Waals surface area contributed by atoms with Crippen LogP contribution in [0.15, 0.2) is 59.5 Å². The zero-order valence-corrected chi connectivity index (χ0v) is 21.7. The number of fused-ring (bicyclic) bond motifs is 2. The summed E-state index contributed by atoms with van der Waals surface area (Å²) in [5.41, 5.74) is 10.3. The fraction of sp³-hybridized carbons (Fsp3) is 0.286. The molecule has 38 heavy (non-hydrogen) atoms. The average Bonchev–Trinajstić information content (AvgIpc) is 3.42. The van der Waals surface area contributed by atoms with E-state index in [0.29, 0.717) is 34.6 Å². The number of hydrogen-bond acceptors (Lipinski definition) is 5. The molecule has 3 aromatic heterocycles. The minimum Gasteiger partial charge on any atom is -0.382 e. The molecule has 0 bridgehead atoms. The van der Waals surface area contributed by atoms with Gasteiger partial charge in [0.05, 0.1) is 38.5 Å². The SMILES string of the molecule is Cc1ncc(Cl)cc1C(=O)NC1CCC(Cn2c(=O)n(-c3ccc4c(N)n[nH]c4c3)c3ccccc32)CC1. The van der Waals surface area contributed by atoms with Gasteiger partial charge in [-0.25, -0.2) is 4.79 Å². The first-order valence-electron chi connectivity index (χ1n) is 12.8. The van der Waals surface area contributed by atoms with Gasteiger partial charge >= 0.3 is 5.69 Å². The van der Waals surface area contributed by atoms with Crippen molar-refractivity contribution in [2.45, 2.75) is 45.2 Å². The Bertz CT molecular complexity index is 1730. The predicted molar refractivity (Wildman–Crippen MR) is 149 cm³/mol. The van der Waals surface area contributed by atoms with E-state index in [1.54, 1.807) is 23.8 Å². The molecular formula is C28H28ClN7O2. The van der Waals surface area contributed by atoms with Gasteiger partial charge in [-0.3, -0.25) is 24.0 Å². The number of carbonyl (C=O) groups is 1. The molecule has 1 aliphatic rings. The molecule has 0 saturated heterocycles. The standard InChI is InChI=1S/C28H28ClN7O2/c1-16-22(12-18(29)14-31-16)27(37)32-19-8-6-17(7-9-19)15-35-24-4-2-3-5-25(24)36(28(35)38)20-10-11-21-23(13-20)33-34-26(21)30/h2-5,10-14,17,19H,6-9,15H2,1H3,(H,32,37)(H3,30,33,34). The molecule has 0 aliphatic heterocycles. The van der Waals surface area contributed by atoms with E-state index in [1.165, 1.54) is 0 Å². The van der Waals surface area contributed by atoms with Crippen molar-refractivity contribution in [2.75, 3.05) is 5.73 Å². The maximum absolute atomic E-state index is 13.7. The van der Waals surface area contributed by atoms with Gasteiger partial charge in [0.2, 0.25) is 0 Å². The van der Waals surface area contributed by atoms with Gasteiger partial charge in [0.25, 0.3) is 5.91 Å². The minimum atomic E-state index is -0.142. The van der Waals surface area contributed by atoms with Gasteiger partial charge in [-0.2, -0.15) is 5.10 Å². The lowest BCUT2D eigenvalue weighted by Crippen LogP contribution is -2.39. The lowest BCUT2D eigenvalue weighted by molar-refractivity contribution is 0.0919. The molecule has 1 saturated carbocycles. The van der Waals surface area contributed by atoms with Crippen molar-refractivity contribution >= 4 is 45.3 Å². The Hall–Kier alpha value is -4.11. The summed E-state index contributed by atoms with van der Waals surface area (Å²) < 4.78 is 3.63. The Kier molecular flexibility index (Phi) is 6.15. The lowest BCUT2D eigenvalue weighted by Gasteiger charge is -2.29. The predicted octanol–water partition coefficient (Wildman–Crippen LogP) is 4.60. The number of nitrogen functional groups attached to an aromatic ring is 1. The molecule has 0 atom stereocenters. The highest BCUT2D eigenvalue weighted by Gasteiger charge is 2.26. The van der Waals surface area contributed by atoms with E-state index in [4.69, 9.17) is 17.3 Å². The molecular weight excluding hydrogens is 502 g/mol. The fourth-order valence-corrected chi connectivity index (χ4v) is 5.71. The highest BCUT2D eigenvalue weighted by atomic mass is 35.5. The summed E-state index contributed by atoms with van der Waals surface area (Å²) >= 11 is 6.04. The van der Waals surface area contributed by atoms with Crippen molar-refractivity contribution in [1.29, 1.82) is 0 Å². The number of benzene rings is 2. The third kappa shape index (κ3) is 4.32. The molecule has 10 heteroatoms. The number of imidazole rings is 1. The molecule has 1 fully saturated rings. The second-order valence-corrected chi connectivity index (χ2v) is 10.5. The van der Waals surface area contributed by atoms with Crippen LogP contribution in [-0.4, -0.2) is 36.3 Å². The summed E-state index contributed by atoms with van der Waals surface area (Å²) in [5.74, 6) is 0.633. The number of hydrogen-bond donors (Lipinski definition) is 3. The molecule has 2 aromatic carbocycles. The van der Waals surface area contributed by atoms with Crippen LogP contribution in [0.5, 0.6) is 0 Å². The number of amides is 1. The van der Waals surface area contributed by atoms with Crippen LogP contribution in [0.25, 0.3) is 27.6 Å². The van der Waals surface area contributed by atoms with Crippen LogP contribution in [0, 0.1) is 12.8 Å². The molecule has 0 radical (unpaired) electrons. The number of rotatable bonds is 5. The van der Waals surface area contributed by atoms with Gasteiger partial charge in [0.1, 0.15) is 0 Å². The maximum Gasteiger partial charge on any atom is 0.333 e. The normalized spacial score (nSPS) is 17.7. The van der Waals surface area contributed by atoms with Crippen LogP contribution >= 0.6 is 11.6 Å². The molecule has 5 aromatic rings. The van der Waals surface area contributed by atoms with Crippen LogP contribution in [0.3, 0.4) is 0 Å². The summed E-state index contributed by atoms with van der Waals surface area (Å²) in [7, 11) is 0. The lowest BCUT2D eigenvalue weighted by atomic mass is 9.85. The highest BCUT2D eigenvalue weighted by Crippen LogP contribution is 2.28. The average molecular weight is 530 g/mol. The van der Waals surface area contributed by atoms with Crippen LogP contribution in [0.1, 0.15) is 41.7 Å². The van der Waals surface area contributed by atoms with Gasteiger partial charge in [-0.1, -0.05) is 23.7 Å². The zero-order valence-electron chi connectivity index (χ0n) is 20.9. The first-order chi connectivity index (χ1) is 18.4. The Morgan fingerprint density at radius 1 is 1.13 bits per heavy atom. The number of pyridine rings is 1. The number of aryl methyl sites for hydroxylation is 1. The molecule has 0 spiro atoms. The van der Waals surface area contributed by atoms with E-state index in [9.17, 15) is 9.59 Å². The maximum atomic E-state index is 13.7. The van der Waals surface area contributed by atoms with E-state index >= 15 is 0 Å². The van der Waals surface area contributed by atoms with Gasteiger partial charge in [0.15, 0.2) is 5.82 Å². The second-order valence-electron chi connectivity index (χ2n) is 10.0. The quantitative estimate of drug-likeness (QED) is 0.307. The highest BCUT2D eigenvalue weighted by molar-refractivity contribution is 6.30. The number of aromatic amines is 1. The minimum absolute atomic E-state index is 0.0719. The van der Waals surface area contributed by atoms with Gasteiger partial charge < -0.3 is 11.1 Å². The number of aromatic nitrogens is 5. The molecule has 0 unspecified atom stereocenters. The summed E-state index contributed by atoms with van der Waals surface area (Å²) in [6.45, 7) is 2.43. The van der Waals surface area contributed by atoms with Crippen LogP contribution in [0.4, 0.5) is 5.82 Å². The van der Waals surface area contributed by atoms with Crippen LogP contribution < -0.4 is 16.7 Å². The number of halogens is 1. The molecule has 1 amide bonds. The van der Waals surface area contributed by atoms with Crippen LogP contribution in [0.2, 0.25) is 5.02 Å². The largest absolute Gasteiger partial charge is 0.382 e. The smallest absolute Gasteiger partial charge is 0.333 e. The summed E-state index contributed by atoms with van der Waals surface area (Å²) in [6.07, 6.45) is 5.10. The number of nitrogens with one attached hydrogen (secondary N) is 2. The van der Waals surface area contributed by atoms with Crippen molar-refractivity contribution in [1.82, 2.24) is 29.6 Å². The van der Waals surface area contributed by atoms with Crippen molar-refractivity contribution in [3.8, 4) is 5.69 Å². The second kappa shape index (κ2) is 9.64. The first kappa shape index (κ1) is 24.2. The molecule has 9 nitrogen and oxygen atoms in total. The number of nitrogens with zero attached hydrogens (tertiary/aromatic N) is 4. The number of nitrogens with two attached hydrogens (primary N) is 1. The van der Waals surface area contributed by atoms with E-state index in [-0.39, 0.29) is 17.6 Å². The van der Waals surface area contributed by atoms with E-state index < -0.39 is 0 Å². The Morgan fingerprint density at radius 3 is 2.68 bits per heavy atom. The van der Waals surface area contributed by atoms with E-state index in [0.717, 1.165) is 53.3 Å². The third-order valence-corrected chi connectivity index (χ3v) is 7.80. The molecule has 3 heterocycles. The first-order valence-corrected chi connectivity index (χ1v) is 13.1. The van der Waals surface area contributed by atoms with Crippen LogP contribution in [-0.2, 0) is 6.54 Å². The van der Waals surface area contributed by atoms with Gasteiger partial charge in [0, 0.05) is 24.2 Å². The number of carbonyl (C=O) groups excluding carboxylic acids is 1. The Morgan fingerprint density at radius 2 is 1.89 bits per heavy atom. The number of para-hydroxylation sites is 2. The monoisotopic (exact) mass is 529 g/mol. The summed E-state index contributed by atoms with van der Waals surface area (Å²) in [6, 6.07) is 15.3. The van der Waals surface area contributed by atoms with Crippen molar-refractivity contribution in [3.63, 3.8) is 0 Å². The van der Waals surface area contributed by atoms with Gasteiger partial charge in [-0.05, 0) is 74.9 Å². The number of H-pyrrole nitrogens is 1. The Labute approximate surface area is 223 Å². The van der Waals surface area contributed by atoms with Crippen molar-refractivity contribution < 1.29 is 4.79 Å². The van der Waals surface area contributed by atoms with Crippen molar-refractivity contribution in [3.05, 3.63) is 81.5 Å². The summed E-state index contributed by atoms with van der Waals surface area (Å²) in [4.78, 5) is 30.7. The van der Waals surface area contributed by atoms with Gasteiger partial charge in [-0.15, -0.1) is 0 Å². The molecule has 1 aliphatic carbocycles. The van der Waals surface area contributed by atoms with Crippen molar-refractivity contribution in [2.24, 2.45) is 5.92 Å². The molecule has 4 N–H and O–H groups in total.